The molecule has 0 N–H and O–H groups in total. The molecule has 0 aliphatic carbocycles. The van der Waals surface area contributed by atoms with E-state index in [1.807, 2.05) is 55.5 Å². The van der Waals surface area contributed by atoms with Crippen LogP contribution in [0, 0.1) is 6.92 Å². The first-order valence-corrected chi connectivity index (χ1v) is 10.6. The summed E-state index contributed by atoms with van der Waals surface area (Å²) in [7, 11) is 1.63. The fourth-order valence-electron chi connectivity index (χ4n) is 3.06. The van der Waals surface area contributed by atoms with Crippen molar-refractivity contribution in [2.24, 2.45) is 0 Å². The minimum Gasteiger partial charge on any atom is -0.494 e. The number of hydrogen-bond acceptors (Lipinski definition) is 5. The van der Waals surface area contributed by atoms with E-state index in [-0.39, 0.29) is 5.91 Å². The summed E-state index contributed by atoms with van der Waals surface area (Å²) in [6, 6.07) is 15.1. The Balaban J connectivity index is 1.84. The molecule has 0 radical (unpaired) electrons. The third-order valence-corrected chi connectivity index (χ3v) is 6.46. The highest BCUT2D eigenvalue weighted by molar-refractivity contribution is 9.10. The standard InChI is InChI=1S/C22H18BrN3O2S/c1-14-9-10-18(28-2)19-20(14)29-22(25-19)26(13-15-6-5-11-24-12-15)21(27)16-7-3-4-8-17(16)23/h3-12H,13H2,1-2H3. The van der Waals surface area contributed by atoms with Gasteiger partial charge in [-0.05, 0) is 58.2 Å². The lowest BCUT2D eigenvalue weighted by Gasteiger charge is -2.20. The SMILES string of the molecule is COc1ccc(C)c2sc(N(Cc3cccnc3)C(=O)c3ccccc3Br)nc12. The molecule has 0 aliphatic rings. The highest BCUT2D eigenvalue weighted by Gasteiger charge is 2.24. The van der Waals surface area contributed by atoms with Gasteiger partial charge in [-0.3, -0.25) is 14.7 Å². The predicted molar refractivity (Wildman–Crippen MR) is 120 cm³/mol. The first-order chi connectivity index (χ1) is 14.1. The summed E-state index contributed by atoms with van der Waals surface area (Å²) >= 11 is 4.98. The number of fused-ring (bicyclic) bond motifs is 1. The number of carbonyl (C=O) groups excluding carboxylic acids is 1. The Morgan fingerprint density at radius 3 is 2.72 bits per heavy atom. The van der Waals surface area contributed by atoms with Gasteiger partial charge in [0.2, 0.25) is 0 Å². The summed E-state index contributed by atoms with van der Waals surface area (Å²) in [6.07, 6.45) is 3.48. The van der Waals surface area contributed by atoms with E-state index in [2.05, 4.69) is 20.9 Å². The second-order valence-corrected chi connectivity index (χ2v) is 8.32. The van der Waals surface area contributed by atoms with Crippen molar-refractivity contribution < 1.29 is 9.53 Å². The third kappa shape index (κ3) is 3.88. The number of methoxy groups -OCH3 is 1. The van der Waals surface area contributed by atoms with E-state index < -0.39 is 0 Å². The van der Waals surface area contributed by atoms with Crippen LogP contribution in [-0.2, 0) is 6.54 Å². The molecule has 146 valence electrons. The molecule has 1 amide bonds. The molecule has 7 heteroatoms. The minimum atomic E-state index is -0.128. The summed E-state index contributed by atoms with van der Waals surface area (Å²) in [4.78, 5) is 24.2. The molecule has 0 unspecified atom stereocenters. The number of thiazole rings is 1. The van der Waals surface area contributed by atoms with E-state index in [1.165, 1.54) is 11.3 Å². The summed E-state index contributed by atoms with van der Waals surface area (Å²) < 4.78 is 7.24. The number of pyridine rings is 1. The van der Waals surface area contributed by atoms with Crippen molar-refractivity contribution in [3.63, 3.8) is 0 Å². The maximum Gasteiger partial charge on any atom is 0.261 e. The van der Waals surface area contributed by atoms with Crippen molar-refractivity contribution >= 4 is 48.5 Å². The van der Waals surface area contributed by atoms with Crippen molar-refractivity contribution in [1.29, 1.82) is 0 Å². The molecule has 2 heterocycles. The van der Waals surface area contributed by atoms with Gasteiger partial charge in [0.15, 0.2) is 5.13 Å². The van der Waals surface area contributed by atoms with Crippen molar-refractivity contribution in [1.82, 2.24) is 9.97 Å². The Kier molecular flexibility index (Phi) is 5.60. The van der Waals surface area contributed by atoms with E-state index in [4.69, 9.17) is 9.72 Å². The highest BCUT2D eigenvalue weighted by Crippen LogP contribution is 2.37. The molecule has 0 bridgehead atoms. The molecule has 2 aromatic heterocycles. The van der Waals surface area contributed by atoms with Crippen LogP contribution in [0.15, 0.2) is 65.4 Å². The number of carbonyl (C=O) groups is 1. The number of benzene rings is 2. The van der Waals surface area contributed by atoms with E-state index in [1.54, 1.807) is 24.4 Å². The zero-order valence-electron chi connectivity index (χ0n) is 15.9. The number of halogens is 1. The van der Waals surface area contributed by atoms with Crippen molar-refractivity contribution in [3.05, 3.63) is 82.1 Å². The maximum absolute atomic E-state index is 13.5. The maximum atomic E-state index is 13.5. The van der Waals surface area contributed by atoms with E-state index >= 15 is 0 Å². The van der Waals surface area contributed by atoms with Crippen molar-refractivity contribution in [2.75, 3.05) is 12.0 Å². The third-order valence-electron chi connectivity index (χ3n) is 4.56. The zero-order valence-corrected chi connectivity index (χ0v) is 18.3. The Hall–Kier alpha value is -2.77. The lowest BCUT2D eigenvalue weighted by Crippen LogP contribution is -2.30. The Labute approximate surface area is 181 Å². The van der Waals surface area contributed by atoms with Crippen LogP contribution in [-0.4, -0.2) is 23.0 Å². The summed E-state index contributed by atoms with van der Waals surface area (Å²) in [6.45, 7) is 2.40. The van der Waals surface area contributed by atoms with Gasteiger partial charge in [0, 0.05) is 16.9 Å². The predicted octanol–water partition coefficient (Wildman–Crippen LogP) is 5.62. The first kappa shape index (κ1) is 19.5. The van der Waals surface area contributed by atoms with Crippen LogP contribution in [0.5, 0.6) is 5.75 Å². The summed E-state index contributed by atoms with van der Waals surface area (Å²) in [5, 5.41) is 0.622. The molecular formula is C22H18BrN3O2S. The molecule has 0 aliphatic heterocycles. The van der Waals surface area contributed by atoms with Crippen molar-refractivity contribution in [3.8, 4) is 5.75 Å². The first-order valence-electron chi connectivity index (χ1n) is 8.98. The Morgan fingerprint density at radius 2 is 2.00 bits per heavy atom. The molecule has 0 atom stereocenters. The normalized spacial score (nSPS) is 10.9. The highest BCUT2D eigenvalue weighted by atomic mass is 79.9. The largest absolute Gasteiger partial charge is 0.494 e. The van der Waals surface area contributed by atoms with Gasteiger partial charge in [0.05, 0.1) is 23.9 Å². The number of ether oxygens (including phenoxy) is 1. The molecule has 2 aromatic carbocycles. The number of aryl methyl sites for hydroxylation is 1. The fraction of sp³-hybridized carbons (Fsp3) is 0.136. The lowest BCUT2D eigenvalue weighted by molar-refractivity contribution is 0.0984. The quantitative estimate of drug-likeness (QED) is 0.382. The number of hydrogen-bond donors (Lipinski definition) is 0. The second-order valence-electron chi connectivity index (χ2n) is 6.49. The Bertz CT molecular complexity index is 1180. The van der Waals surface area contributed by atoms with E-state index in [9.17, 15) is 4.79 Å². The monoisotopic (exact) mass is 467 g/mol. The minimum absolute atomic E-state index is 0.128. The number of anilines is 1. The summed E-state index contributed by atoms with van der Waals surface area (Å²) in [5.41, 5.74) is 3.37. The van der Waals surface area contributed by atoms with Crippen LogP contribution in [0.2, 0.25) is 0 Å². The average molecular weight is 468 g/mol. The topological polar surface area (TPSA) is 55.3 Å². The van der Waals surface area contributed by atoms with Crippen LogP contribution in [0.1, 0.15) is 21.5 Å². The smallest absolute Gasteiger partial charge is 0.261 e. The van der Waals surface area contributed by atoms with Crippen LogP contribution < -0.4 is 9.64 Å². The number of amides is 1. The molecule has 0 fully saturated rings. The molecular weight excluding hydrogens is 450 g/mol. The molecule has 4 rings (SSSR count). The zero-order chi connectivity index (χ0) is 20.4. The summed E-state index contributed by atoms with van der Waals surface area (Å²) in [5.74, 6) is 0.569. The lowest BCUT2D eigenvalue weighted by atomic mass is 10.2. The number of nitrogens with zero attached hydrogens (tertiary/aromatic N) is 3. The van der Waals surface area contributed by atoms with E-state index in [0.29, 0.717) is 23.0 Å². The molecule has 4 aromatic rings. The molecule has 5 nitrogen and oxygen atoms in total. The fourth-order valence-corrected chi connectivity index (χ4v) is 4.56. The molecule has 0 saturated carbocycles. The van der Waals surface area contributed by atoms with Gasteiger partial charge in [0.1, 0.15) is 11.3 Å². The van der Waals surface area contributed by atoms with Gasteiger partial charge in [-0.2, -0.15) is 0 Å². The van der Waals surface area contributed by atoms with Crippen LogP contribution in [0.25, 0.3) is 10.2 Å². The van der Waals surface area contributed by atoms with Crippen molar-refractivity contribution in [2.45, 2.75) is 13.5 Å². The second kappa shape index (κ2) is 8.31. The number of rotatable bonds is 5. The van der Waals surface area contributed by atoms with Gasteiger partial charge >= 0.3 is 0 Å². The van der Waals surface area contributed by atoms with Crippen LogP contribution in [0.3, 0.4) is 0 Å². The Morgan fingerprint density at radius 1 is 1.17 bits per heavy atom. The van der Waals surface area contributed by atoms with Gasteiger partial charge < -0.3 is 4.74 Å². The molecule has 0 spiro atoms. The van der Waals surface area contributed by atoms with E-state index in [0.717, 1.165) is 25.8 Å². The number of aromatic nitrogens is 2. The van der Waals surface area contributed by atoms with Crippen LogP contribution in [0.4, 0.5) is 5.13 Å². The van der Waals surface area contributed by atoms with Crippen LogP contribution >= 0.6 is 27.3 Å². The van der Waals surface area contributed by atoms with Gasteiger partial charge in [-0.15, -0.1) is 0 Å². The molecule has 0 saturated heterocycles. The van der Waals surface area contributed by atoms with Gasteiger partial charge in [-0.25, -0.2) is 4.98 Å². The van der Waals surface area contributed by atoms with Gasteiger partial charge in [-0.1, -0.05) is 35.6 Å². The van der Waals surface area contributed by atoms with Gasteiger partial charge in [0.25, 0.3) is 5.91 Å². The molecule has 29 heavy (non-hydrogen) atoms. The average Bonchev–Trinajstić information content (AvgIpc) is 3.19.